The van der Waals surface area contributed by atoms with Gasteiger partial charge in [0.1, 0.15) is 5.75 Å². The molecule has 0 radical (unpaired) electrons. The lowest BCUT2D eigenvalue weighted by atomic mass is 10.1. The van der Waals surface area contributed by atoms with Crippen molar-refractivity contribution in [3.05, 3.63) is 35.4 Å². The first-order valence-corrected chi connectivity index (χ1v) is 6.57. The fourth-order valence-corrected chi connectivity index (χ4v) is 2.02. The van der Waals surface area contributed by atoms with Crippen LogP contribution in [0.4, 0.5) is 0 Å². The van der Waals surface area contributed by atoms with Crippen LogP contribution in [0, 0.1) is 6.92 Å². The first kappa shape index (κ1) is 11.9. The summed E-state index contributed by atoms with van der Waals surface area (Å²) in [6.45, 7) is 3.34. The van der Waals surface area contributed by atoms with E-state index in [1.165, 1.54) is 0 Å². The number of ketones is 1. The van der Waals surface area contributed by atoms with Crippen LogP contribution in [0.3, 0.4) is 0 Å². The third kappa shape index (κ3) is 3.16. The van der Waals surface area contributed by atoms with Crippen molar-refractivity contribution in [2.45, 2.75) is 13.8 Å². The average Bonchev–Trinajstić information content (AvgIpc) is 2.17. The number of benzene rings is 1. The van der Waals surface area contributed by atoms with Crippen LogP contribution in [0.2, 0.25) is 0 Å². The Kier molecular flexibility index (Phi) is 3.63. The van der Waals surface area contributed by atoms with Gasteiger partial charge in [-0.1, -0.05) is 31.2 Å². The number of rotatable bonds is 4. The molecule has 3 nitrogen and oxygen atoms in total. The Morgan fingerprint density at radius 3 is 2.40 bits per heavy atom. The predicted octanol–water partition coefficient (Wildman–Crippen LogP) is 1.61. The molecule has 0 atom stereocenters. The summed E-state index contributed by atoms with van der Waals surface area (Å²) in [6, 6.07) is 7.01. The van der Waals surface area contributed by atoms with Crippen LogP contribution in [0.25, 0.3) is 0 Å². The van der Waals surface area contributed by atoms with Crippen LogP contribution in [0.1, 0.15) is 22.8 Å². The lowest BCUT2D eigenvalue weighted by Crippen LogP contribution is -2.18. The highest BCUT2D eigenvalue weighted by Gasteiger charge is 2.16. The molecule has 82 valence electrons. The maximum absolute atomic E-state index is 11.7. The molecule has 0 N–H and O–H groups in total. The summed E-state index contributed by atoms with van der Waals surface area (Å²) in [5.74, 6) is -0.714. The van der Waals surface area contributed by atoms with E-state index in [2.05, 4.69) is 0 Å². The summed E-state index contributed by atoms with van der Waals surface area (Å²) in [5.41, 5.74) is 1.31. The lowest BCUT2D eigenvalue weighted by molar-refractivity contribution is 0.102. The minimum absolute atomic E-state index is 0.00458. The lowest BCUT2D eigenvalue weighted by Gasteiger charge is -2.04. The van der Waals surface area contributed by atoms with Crippen LogP contribution in [-0.2, 0) is 9.84 Å². The zero-order valence-corrected chi connectivity index (χ0v) is 9.67. The number of aryl methyl sites for hydroxylation is 1. The van der Waals surface area contributed by atoms with Gasteiger partial charge in [0, 0.05) is 11.3 Å². The van der Waals surface area contributed by atoms with E-state index in [1.54, 1.807) is 32.0 Å². The van der Waals surface area contributed by atoms with Gasteiger partial charge < -0.3 is 0 Å². The Labute approximate surface area is 90.0 Å². The van der Waals surface area contributed by atoms with Crippen molar-refractivity contribution in [3.63, 3.8) is 0 Å². The van der Waals surface area contributed by atoms with Gasteiger partial charge in [0.15, 0.2) is 15.6 Å². The van der Waals surface area contributed by atoms with Crippen molar-refractivity contribution in [2.24, 2.45) is 0 Å². The molecule has 1 aromatic rings. The molecule has 0 saturated carbocycles. The molecule has 0 aromatic heterocycles. The SMILES string of the molecule is CCS(=O)(=O)CC(=O)c1ccccc1C. The minimum Gasteiger partial charge on any atom is -0.293 e. The van der Waals surface area contributed by atoms with Gasteiger partial charge in [0.2, 0.25) is 0 Å². The average molecular weight is 226 g/mol. The van der Waals surface area contributed by atoms with Gasteiger partial charge in [0.25, 0.3) is 0 Å². The minimum atomic E-state index is -3.23. The smallest absolute Gasteiger partial charge is 0.178 e. The van der Waals surface area contributed by atoms with Crippen molar-refractivity contribution in [2.75, 3.05) is 11.5 Å². The fourth-order valence-electron chi connectivity index (χ4n) is 1.27. The molecule has 0 bridgehead atoms. The summed E-state index contributed by atoms with van der Waals surface area (Å²) in [7, 11) is -3.23. The Morgan fingerprint density at radius 2 is 1.87 bits per heavy atom. The van der Waals surface area contributed by atoms with Gasteiger partial charge in [-0.2, -0.15) is 0 Å². The van der Waals surface area contributed by atoms with Crippen molar-refractivity contribution in [3.8, 4) is 0 Å². The van der Waals surface area contributed by atoms with Crippen LogP contribution in [-0.4, -0.2) is 25.7 Å². The van der Waals surface area contributed by atoms with E-state index in [9.17, 15) is 13.2 Å². The van der Waals surface area contributed by atoms with Gasteiger partial charge in [0.05, 0.1) is 0 Å². The zero-order chi connectivity index (χ0) is 11.5. The maximum Gasteiger partial charge on any atom is 0.178 e. The highest BCUT2D eigenvalue weighted by atomic mass is 32.2. The van der Waals surface area contributed by atoms with E-state index >= 15 is 0 Å². The molecule has 0 fully saturated rings. The summed E-state index contributed by atoms with van der Waals surface area (Å²) >= 11 is 0. The van der Waals surface area contributed by atoms with Crippen LogP contribution in [0.5, 0.6) is 0 Å². The third-order valence-electron chi connectivity index (χ3n) is 2.24. The van der Waals surface area contributed by atoms with E-state index in [-0.39, 0.29) is 11.5 Å². The van der Waals surface area contributed by atoms with Gasteiger partial charge >= 0.3 is 0 Å². The molecule has 4 heteroatoms. The Balaban J connectivity index is 2.93. The van der Waals surface area contributed by atoms with Gasteiger partial charge in [-0.3, -0.25) is 4.79 Å². The van der Waals surface area contributed by atoms with Crippen molar-refractivity contribution >= 4 is 15.6 Å². The normalized spacial score (nSPS) is 11.3. The largest absolute Gasteiger partial charge is 0.293 e. The highest BCUT2D eigenvalue weighted by Crippen LogP contribution is 2.09. The highest BCUT2D eigenvalue weighted by molar-refractivity contribution is 7.92. The second kappa shape index (κ2) is 4.57. The molecule has 0 aliphatic carbocycles. The summed E-state index contributed by atoms with van der Waals surface area (Å²) in [4.78, 5) is 11.7. The zero-order valence-electron chi connectivity index (χ0n) is 8.86. The van der Waals surface area contributed by atoms with Crippen molar-refractivity contribution in [1.29, 1.82) is 0 Å². The molecule has 1 aromatic carbocycles. The number of hydrogen-bond donors (Lipinski definition) is 0. The molecular formula is C11H14O3S. The van der Waals surface area contributed by atoms with Crippen molar-refractivity contribution in [1.82, 2.24) is 0 Å². The third-order valence-corrected chi connectivity index (χ3v) is 3.82. The summed E-state index contributed by atoms with van der Waals surface area (Å²) < 4.78 is 22.5. The fraction of sp³-hybridized carbons (Fsp3) is 0.364. The van der Waals surface area contributed by atoms with Crippen LogP contribution < -0.4 is 0 Å². The van der Waals surface area contributed by atoms with Gasteiger partial charge in [-0.15, -0.1) is 0 Å². The van der Waals surface area contributed by atoms with Gasteiger partial charge in [-0.25, -0.2) is 8.42 Å². The maximum atomic E-state index is 11.7. The quantitative estimate of drug-likeness (QED) is 0.733. The van der Waals surface area contributed by atoms with E-state index in [0.717, 1.165) is 5.56 Å². The van der Waals surface area contributed by atoms with Crippen LogP contribution in [0.15, 0.2) is 24.3 Å². The second-order valence-electron chi connectivity index (χ2n) is 3.41. The molecule has 0 saturated heterocycles. The van der Waals surface area contributed by atoms with E-state index in [4.69, 9.17) is 0 Å². The first-order chi connectivity index (χ1) is 6.96. The molecule has 1 rings (SSSR count). The predicted molar refractivity (Wildman–Crippen MR) is 59.8 cm³/mol. The molecule has 0 heterocycles. The standard InChI is InChI=1S/C11H14O3S/c1-3-15(13,14)8-11(12)10-7-5-4-6-9(10)2/h4-7H,3,8H2,1-2H3. The summed E-state index contributed by atoms with van der Waals surface area (Å²) in [6.07, 6.45) is 0. The van der Waals surface area contributed by atoms with Crippen LogP contribution >= 0.6 is 0 Å². The molecule has 0 aliphatic rings. The number of hydrogen-bond acceptors (Lipinski definition) is 3. The van der Waals surface area contributed by atoms with E-state index in [0.29, 0.717) is 5.56 Å². The van der Waals surface area contributed by atoms with E-state index < -0.39 is 15.6 Å². The first-order valence-electron chi connectivity index (χ1n) is 4.75. The van der Waals surface area contributed by atoms with E-state index in [1.807, 2.05) is 6.07 Å². The number of Topliss-reactive ketones (excluding diaryl/α,β-unsaturated/α-hetero) is 1. The molecule has 0 spiro atoms. The topological polar surface area (TPSA) is 51.2 Å². The monoisotopic (exact) mass is 226 g/mol. The molecule has 15 heavy (non-hydrogen) atoms. The molecule has 0 amide bonds. The van der Waals surface area contributed by atoms with Crippen molar-refractivity contribution < 1.29 is 13.2 Å². The summed E-state index contributed by atoms with van der Waals surface area (Å²) in [5, 5.41) is 0. The number of carbonyl (C=O) groups excluding carboxylic acids is 1. The Hall–Kier alpha value is -1.16. The number of carbonyl (C=O) groups is 1. The molecule has 0 unspecified atom stereocenters. The Bertz CT molecular complexity index is 460. The molecule has 0 aliphatic heterocycles. The van der Waals surface area contributed by atoms with Gasteiger partial charge in [-0.05, 0) is 12.5 Å². The second-order valence-corrected chi connectivity index (χ2v) is 5.77. The number of sulfone groups is 1. The Morgan fingerprint density at radius 1 is 1.27 bits per heavy atom. The molecular weight excluding hydrogens is 212 g/mol.